The maximum atomic E-state index is 12.4. The van der Waals surface area contributed by atoms with Gasteiger partial charge in [-0.15, -0.1) is 10.2 Å². The average Bonchev–Trinajstić information content (AvgIpc) is 3.14. The summed E-state index contributed by atoms with van der Waals surface area (Å²) in [4.78, 5) is 14.2. The molecule has 1 aromatic heterocycles. The van der Waals surface area contributed by atoms with Crippen molar-refractivity contribution in [1.29, 1.82) is 0 Å². The number of thioether (sulfide) groups is 1. The van der Waals surface area contributed by atoms with Crippen molar-refractivity contribution in [2.45, 2.75) is 62.4 Å². The summed E-state index contributed by atoms with van der Waals surface area (Å²) in [5.74, 6) is 0.498. The van der Waals surface area contributed by atoms with Gasteiger partial charge in [-0.3, -0.25) is 4.79 Å². The second-order valence-corrected chi connectivity index (χ2v) is 9.26. The Hall–Kier alpha value is -1.60. The van der Waals surface area contributed by atoms with E-state index < -0.39 is 0 Å². The molecule has 0 spiro atoms. The number of amides is 1. The van der Waals surface area contributed by atoms with E-state index in [0.717, 1.165) is 21.5 Å². The Morgan fingerprint density at radius 1 is 1.19 bits per heavy atom. The summed E-state index contributed by atoms with van der Waals surface area (Å²) >= 11 is 3.02. The second kappa shape index (κ2) is 10.1. The molecule has 0 atom stereocenters. The van der Waals surface area contributed by atoms with Gasteiger partial charge in [0, 0.05) is 19.6 Å². The molecule has 1 aromatic carbocycles. The van der Waals surface area contributed by atoms with Crippen LogP contribution in [0.5, 0.6) is 0 Å². The van der Waals surface area contributed by atoms with Crippen LogP contribution in [-0.4, -0.2) is 39.8 Å². The number of anilines is 1. The molecule has 1 fully saturated rings. The summed E-state index contributed by atoms with van der Waals surface area (Å²) < 4.78 is 0.849. The predicted molar refractivity (Wildman–Crippen MR) is 113 cm³/mol. The largest absolute Gasteiger partial charge is 0.357 e. The van der Waals surface area contributed by atoms with Gasteiger partial charge in [-0.1, -0.05) is 73.6 Å². The van der Waals surface area contributed by atoms with Gasteiger partial charge in [0.25, 0.3) is 0 Å². The van der Waals surface area contributed by atoms with Crippen LogP contribution in [0.3, 0.4) is 0 Å². The lowest BCUT2D eigenvalue weighted by Crippen LogP contribution is -2.27. The molecular weight excluding hydrogens is 376 g/mol. The molecule has 1 aliphatic rings. The summed E-state index contributed by atoms with van der Waals surface area (Å²) in [6.45, 7) is 2.78. The molecule has 1 saturated carbocycles. The SMILES string of the molecule is CCc1ccc(CN(C)C(=O)CSc2nnc(NC3CCCCC3)s2)cc1. The average molecular weight is 405 g/mol. The highest BCUT2D eigenvalue weighted by Crippen LogP contribution is 2.28. The van der Waals surface area contributed by atoms with Crippen molar-refractivity contribution in [2.24, 2.45) is 0 Å². The molecule has 3 rings (SSSR count). The number of carbonyl (C=O) groups excluding carboxylic acids is 1. The van der Waals surface area contributed by atoms with Gasteiger partial charge in [-0.25, -0.2) is 0 Å². The van der Waals surface area contributed by atoms with E-state index in [2.05, 4.69) is 46.7 Å². The van der Waals surface area contributed by atoms with E-state index in [1.165, 1.54) is 49.4 Å². The maximum absolute atomic E-state index is 12.4. The van der Waals surface area contributed by atoms with Crippen molar-refractivity contribution >= 4 is 34.1 Å². The van der Waals surface area contributed by atoms with E-state index in [-0.39, 0.29) is 5.91 Å². The Labute approximate surface area is 170 Å². The Kier molecular flexibility index (Phi) is 7.52. The standard InChI is InChI=1S/C20H28N4OS2/c1-3-15-9-11-16(12-10-15)13-24(2)18(25)14-26-20-23-22-19(27-20)21-17-7-5-4-6-8-17/h9-12,17H,3-8,13-14H2,1-2H3,(H,21,22). The third kappa shape index (κ3) is 6.21. The van der Waals surface area contributed by atoms with Crippen molar-refractivity contribution in [2.75, 3.05) is 18.1 Å². The molecule has 7 heteroatoms. The normalized spacial score (nSPS) is 14.9. The minimum atomic E-state index is 0.108. The van der Waals surface area contributed by atoms with E-state index in [1.54, 1.807) is 16.2 Å². The van der Waals surface area contributed by atoms with Crippen LogP contribution in [-0.2, 0) is 17.8 Å². The molecule has 1 amide bonds. The maximum Gasteiger partial charge on any atom is 0.233 e. The fourth-order valence-corrected chi connectivity index (χ4v) is 4.99. The van der Waals surface area contributed by atoms with Gasteiger partial charge in [0.2, 0.25) is 11.0 Å². The molecule has 5 nitrogen and oxygen atoms in total. The van der Waals surface area contributed by atoms with Gasteiger partial charge in [0.1, 0.15) is 0 Å². The fourth-order valence-electron chi connectivity index (χ4n) is 3.22. The lowest BCUT2D eigenvalue weighted by atomic mass is 9.96. The first-order valence-electron chi connectivity index (χ1n) is 9.68. The highest BCUT2D eigenvalue weighted by Gasteiger charge is 2.16. The topological polar surface area (TPSA) is 58.1 Å². The first kappa shape index (κ1) is 20.1. The zero-order chi connectivity index (χ0) is 19.1. The molecule has 146 valence electrons. The second-order valence-electron chi connectivity index (χ2n) is 7.06. The van der Waals surface area contributed by atoms with E-state index in [1.807, 2.05) is 7.05 Å². The van der Waals surface area contributed by atoms with E-state index in [4.69, 9.17) is 0 Å². The third-order valence-electron chi connectivity index (χ3n) is 4.94. The van der Waals surface area contributed by atoms with Crippen LogP contribution in [0.25, 0.3) is 0 Å². The number of nitrogens with zero attached hydrogens (tertiary/aromatic N) is 3. The third-order valence-corrected chi connectivity index (χ3v) is 6.91. The van der Waals surface area contributed by atoms with Gasteiger partial charge in [-0.2, -0.15) is 0 Å². The van der Waals surface area contributed by atoms with Crippen molar-refractivity contribution in [3.63, 3.8) is 0 Å². The Morgan fingerprint density at radius 2 is 1.89 bits per heavy atom. The van der Waals surface area contributed by atoms with Gasteiger partial charge in [0.05, 0.1) is 5.75 Å². The summed E-state index contributed by atoms with van der Waals surface area (Å²) in [6, 6.07) is 8.99. The van der Waals surface area contributed by atoms with Gasteiger partial charge >= 0.3 is 0 Å². The van der Waals surface area contributed by atoms with Crippen LogP contribution in [0.15, 0.2) is 28.6 Å². The number of nitrogens with one attached hydrogen (secondary N) is 1. The Balaban J connectivity index is 1.43. The van der Waals surface area contributed by atoms with Crippen molar-refractivity contribution < 1.29 is 4.79 Å². The molecule has 0 radical (unpaired) electrons. The number of rotatable bonds is 8. The molecule has 27 heavy (non-hydrogen) atoms. The fraction of sp³-hybridized carbons (Fsp3) is 0.550. The zero-order valence-electron chi connectivity index (χ0n) is 16.1. The number of carbonyl (C=O) groups is 1. The number of aromatic nitrogens is 2. The Bertz CT molecular complexity index is 726. The monoisotopic (exact) mass is 404 g/mol. The smallest absolute Gasteiger partial charge is 0.233 e. The van der Waals surface area contributed by atoms with Crippen molar-refractivity contribution in [3.05, 3.63) is 35.4 Å². The van der Waals surface area contributed by atoms with Gasteiger partial charge in [-0.05, 0) is 30.4 Å². The molecule has 0 aliphatic heterocycles. The summed E-state index contributed by atoms with van der Waals surface area (Å²) in [5.41, 5.74) is 2.47. The highest BCUT2D eigenvalue weighted by molar-refractivity contribution is 8.01. The lowest BCUT2D eigenvalue weighted by molar-refractivity contribution is -0.127. The van der Waals surface area contributed by atoms with Crippen molar-refractivity contribution in [3.8, 4) is 0 Å². The predicted octanol–water partition coefficient (Wildman–Crippen LogP) is 4.60. The van der Waals surface area contributed by atoms with Crippen molar-refractivity contribution in [1.82, 2.24) is 15.1 Å². The quantitative estimate of drug-likeness (QED) is 0.652. The Morgan fingerprint density at radius 3 is 2.59 bits per heavy atom. The first-order valence-corrected chi connectivity index (χ1v) is 11.5. The van der Waals surface area contributed by atoms with Crippen LogP contribution in [0.1, 0.15) is 50.2 Å². The van der Waals surface area contributed by atoms with Crippen LogP contribution in [0, 0.1) is 0 Å². The van der Waals surface area contributed by atoms with Crippen LogP contribution < -0.4 is 5.32 Å². The number of hydrogen-bond acceptors (Lipinski definition) is 6. The van der Waals surface area contributed by atoms with Crippen LogP contribution in [0.4, 0.5) is 5.13 Å². The van der Waals surface area contributed by atoms with E-state index in [9.17, 15) is 4.79 Å². The molecule has 1 N–H and O–H groups in total. The highest BCUT2D eigenvalue weighted by atomic mass is 32.2. The first-order chi connectivity index (χ1) is 13.1. The molecule has 2 aromatic rings. The van der Waals surface area contributed by atoms with Gasteiger partial charge in [0.15, 0.2) is 4.34 Å². The lowest BCUT2D eigenvalue weighted by Gasteiger charge is -2.21. The van der Waals surface area contributed by atoms with E-state index in [0.29, 0.717) is 18.3 Å². The molecule has 1 heterocycles. The minimum absolute atomic E-state index is 0.108. The summed E-state index contributed by atoms with van der Waals surface area (Å²) in [6.07, 6.45) is 7.38. The summed E-state index contributed by atoms with van der Waals surface area (Å²) in [7, 11) is 1.85. The minimum Gasteiger partial charge on any atom is -0.357 e. The zero-order valence-corrected chi connectivity index (χ0v) is 17.7. The molecule has 0 bridgehead atoms. The van der Waals surface area contributed by atoms with E-state index >= 15 is 0 Å². The van der Waals surface area contributed by atoms with Crippen LogP contribution in [0.2, 0.25) is 0 Å². The van der Waals surface area contributed by atoms with Crippen LogP contribution >= 0.6 is 23.1 Å². The molecular formula is C20H28N4OS2. The number of aryl methyl sites for hydroxylation is 1. The summed E-state index contributed by atoms with van der Waals surface area (Å²) in [5, 5.41) is 12.8. The molecule has 1 aliphatic carbocycles. The van der Waals surface area contributed by atoms with Gasteiger partial charge < -0.3 is 10.2 Å². The number of benzene rings is 1. The molecule has 0 saturated heterocycles. The number of hydrogen-bond donors (Lipinski definition) is 1. The molecule has 0 unspecified atom stereocenters.